The van der Waals surface area contributed by atoms with Gasteiger partial charge >= 0.3 is 12.1 Å². The van der Waals surface area contributed by atoms with Gasteiger partial charge in [0, 0.05) is 9.65 Å². The van der Waals surface area contributed by atoms with Crippen LogP contribution in [0.25, 0.3) is 0 Å². The van der Waals surface area contributed by atoms with E-state index in [0.717, 1.165) is 0 Å². The highest BCUT2D eigenvalue weighted by Gasteiger charge is 2.65. The molecule has 19 heavy (non-hydrogen) atoms. The van der Waals surface area contributed by atoms with Gasteiger partial charge in [-0.05, 0) is 17.4 Å². The van der Waals surface area contributed by atoms with Gasteiger partial charge in [-0.15, -0.1) is 0 Å². The maximum absolute atomic E-state index is 12.8. The highest BCUT2D eigenvalue weighted by Crippen LogP contribution is 2.62. The van der Waals surface area contributed by atoms with Crippen molar-refractivity contribution >= 4 is 37.8 Å². The van der Waals surface area contributed by atoms with Crippen LogP contribution in [-0.4, -0.2) is 26.9 Å². The van der Waals surface area contributed by atoms with Gasteiger partial charge in [-0.2, -0.15) is 13.2 Å². The zero-order valence-corrected chi connectivity index (χ0v) is 13.2. The second-order valence-electron chi connectivity index (χ2n) is 5.06. The predicted molar refractivity (Wildman–Crippen MR) is 69.1 cm³/mol. The molecule has 8 heteroatoms. The van der Waals surface area contributed by atoms with Crippen LogP contribution in [0.5, 0.6) is 0 Å². The van der Waals surface area contributed by atoms with Gasteiger partial charge in [0.2, 0.25) is 5.83 Å². The SMILES string of the molecule is CC1(C)[C@H](C(=O)O)[C@H]1C(Br)C(Br)C=C(F)C(F)(F)F. The van der Waals surface area contributed by atoms with Crippen LogP contribution in [0.2, 0.25) is 0 Å². The van der Waals surface area contributed by atoms with Crippen molar-refractivity contribution < 1.29 is 27.5 Å². The van der Waals surface area contributed by atoms with Crippen molar-refractivity contribution in [2.75, 3.05) is 0 Å². The van der Waals surface area contributed by atoms with Crippen LogP contribution in [0.4, 0.5) is 17.6 Å². The molecule has 0 aliphatic heterocycles. The van der Waals surface area contributed by atoms with Gasteiger partial charge in [-0.25, -0.2) is 4.39 Å². The fourth-order valence-corrected chi connectivity index (χ4v) is 3.97. The van der Waals surface area contributed by atoms with E-state index in [1.165, 1.54) is 0 Å². The molecule has 0 radical (unpaired) electrons. The Balaban J connectivity index is 2.81. The van der Waals surface area contributed by atoms with Gasteiger partial charge in [0.15, 0.2) is 0 Å². The van der Waals surface area contributed by atoms with Crippen molar-refractivity contribution in [1.29, 1.82) is 0 Å². The van der Waals surface area contributed by atoms with E-state index in [-0.39, 0.29) is 5.92 Å². The molecule has 0 aromatic rings. The molecule has 0 spiro atoms. The Morgan fingerprint density at radius 2 is 1.84 bits per heavy atom. The van der Waals surface area contributed by atoms with E-state index in [1.54, 1.807) is 13.8 Å². The largest absolute Gasteiger partial charge is 0.481 e. The first-order valence-electron chi connectivity index (χ1n) is 5.36. The molecule has 1 aliphatic rings. The molecule has 1 fully saturated rings. The second kappa shape index (κ2) is 5.35. The summed E-state index contributed by atoms with van der Waals surface area (Å²) in [7, 11) is 0. The lowest BCUT2D eigenvalue weighted by molar-refractivity contribution is -0.139. The van der Waals surface area contributed by atoms with Crippen LogP contribution in [0.3, 0.4) is 0 Å². The zero-order valence-electron chi connectivity index (χ0n) is 10.0. The van der Waals surface area contributed by atoms with E-state index in [9.17, 15) is 22.4 Å². The van der Waals surface area contributed by atoms with Gasteiger partial charge < -0.3 is 5.11 Å². The first-order valence-corrected chi connectivity index (χ1v) is 7.19. The molecule has 2 nitrogen and oxygen atoms in total. The topological polar surface area (TPSA) is 37.3 Å². The van der Waals surface area contributed by atoms with Gasteiger partial charge in [0.1, 0.15) is 0 Å². The van der Waals surface area contributed by atoms with E-state index < -0.39 is 39.0 Å². The van der Waals surface area contributed by atoms with Crippen LogP contribution >= 0.6 is 31.9 Å². The normalized spacial score (nSPS) is 29.8. The molecule has 1 rings (SSSR count). The van der Waals surface area contributed by atoms with E-state index in [1.807, 2.05) is 0 Å². The summed E-state index contributed by atoms with van der Waals surface area (Å²) in [6, 6.07) is 0. The number of hydrogen-bond acceptors (Lipinski definition) is 1. The lowest BCUT2D eigenvalue weighted by Crippen LogP contribution is -2.20. The summed E-state index contributed by atoms with van der Waals surface area (Å²) < 4.78 is 49.0. The number of carboxylic acid groups (broad SMARTS) is 1. The molecule has 0 aromatic carbocycles. The van der Waals surface area contributed by atoms with E-state index in [0.29, 0.717) is 6.08 Å². The maximum atomic E-state index is 12.8. The van der Waals surface area contributed by atoms with E-state index >= 15 is 0 Å². The molecule has 1 saturated carbocycles. The summed E-state index contributed by atoms with van der Waals surface area (Å²) in [4.78, 5) is 9.45. The van der Waals surface area contributed by atoms with Crippen LogP contribution in [0, 0.1) is 17.3 Å². The minimum atomic E-state index is -5.02. The number of aliphatic carboxylic acids is 1. The third-order valence-electron chi connectivity index (χ3n) is 3.40. The molecule has 0 aromatic heterocycles. The fourth-order valence-electron chi connectivity index (χ4n) is 2.27. The Bertz CT molecular complexity index is 406. The van der Waals surface area contributed by atoms with Gasteiger partial charge in [0.25, 0.3) is 0 Å². The standard InChI is InChI=1S/C11H12Br2F4O2/c1-10(2)6(7(10)9(18)19)8(13)4(12)3-5(14)11(15,16)17/h3-4,6-8H,1-2H3,(H,18,19)/t4?,6-,7-,8?/m0/s1. The molecular formula is C11H12Br2F4O2. The van der Waals surface area contributed by atoms with Crippen molar-refractivity contribution in [2.45, 2.75) is 29.7 Å². The number of carboxylic acids is 1. The molecule has 0 amide bonds. The molecule has 2 unspecified atom stereocenters. The molecule has 4 atom stereocenters. The van der Waals surface area contributed by atoms with E-state index in [2.05, 4.69) is 31.9 Å². The quantitative estimate of drug-likeness (QED) is 0.553. The van der Waals surface area contributed by atoms with Crippen molar-refractivity contribution in [3.05, 3.63) is 11.9 Å². The average molecular weight is 412 g/mol. The fraction of sp³-hybridized carbons (Fsp3) is 0.727. The van der Waals surface area contributed by atoms with Gasteiger partial charge in [-0.1, -0.05) is 45.7 Å². The number of alkyl halides is 5. The number of halogens is 6. The molecule has 1 aliphatic carbocycles. The second-order valence-corrected chi connectivity index (χ2v) is 7.18. The molecule has 0 heterocycles. The summed E-state index contributed by atoms with van der Waals surface area (Å²) >= 11 is 6.11. The molecular weight excluding hydrogens is 400 g/mol. The van der Waals surface area contributed by atoms with Crippen LogP contribution < -0.4 is 0 Å². The highest BCUT2D eigenvalue weighted by atomic mass is 79.9. The lowest BCUT2D eigenvalue weighted by Gasteiger charge is -2.15. The zero-order chi connectivity index (χ0) is 15.2. The van der Waals surface area contributed by atoms with Crippen molar-refractivity contribution in [3.8, 4) is 0 Å². The van der Waals surface area contributed by atoms with Crippen molar-refractivity contribution in [2.24, 2.45) is 17.3 Å². The maximum Gasteiger partial charge on any atom is 0.442 e. The van der Waals surface area contributed by atoms with E-state index in [4.69, 9.17) is 5.11 Å². The molecule has 1 N–H and O–H groups in total. The minimum absolute atomic E-state index is 0.369. The number of rotatable bonds is 4. The molecule has 110 valence electrons. The summed E-state index contributed by atoms with van der Waals surface area (Å²) in [6.45, 7) is 3.43. The Hall–Kier alpha value is -0.110. The Kier molecular flexibility index (Phi) is 4.77. The lowest BCUT2D eigenvalue weighted by atomic mass is 10.1. The monoisotopic (exact) mass is 410 g/mol. The third kappa shape index (κ3) is 3.51. The summed E-state index contributed by atoms with van der Waals surface area (Å²) in [6.07, 6.45) is -4.61. The number of carbonyl (C=O) groups is 1. The smallest absolute Gasteiger partial charge is 0.442 e. The average Bonchev–Trinajstić information content (AvgIpc) is 2.78. The van der Waals surface area contributed by atoms with Crippen LogP contribution in [-0.2, 0) is 4.79 Å². The van der Waals surface area contributed by atoms with Gasteiger partial charge in [0.05, 0.1) is 5.92 Å². The van der Waals surface area contributed by atoms with Gasteiger partial charge in [-0.3, -0.25) is 4.79 Å². The van der Waals surface area contributed by atoms with Crippen LogP contribution in [0.15, 0.2) is 11.9 Å². The molecule has 0 saturated heterocycles. The Morgan fingerprint density at radius 3 is 2.16 bits per heavy atom. The Labute approximate surface area is 124 Å². The van der Waals surface area contributed by atoms with Crippen LogP contribution in [0.1, 0.15) is 13.8 Å². The summed E-state index contributed by atoms with van der Waals surface area (Å²) in [5.41, 5.74) is -0.533. The predicted octanol–water partition coefficient (Wildman–Crippen LogP) is 4.29. The number of hydrogen-bond donors (Lipinski definition) is 1. The highest BCUT2D eigenvalue weighted by molar-refractivity contribution is 9.12. The van der Waals surface area contributed by atoms with Crippen molar-refractivity contribution in [3.63, 3.8) is 0 Å². The molecule has 0 bridgehead atoms. The number of allylic oxidation sites excluding steroid dienone is 2. The Morgan fingerprint density at radius 1 is 1.37 bits per heavy atom. The first kappa shape index (κ1) is 16.9. The van der Waals surface area contributed by atoms with Crippen molar-refractivity contribution in [1.82, 2.24) is 0 Å². The first-order chi connectivity index (χ1) is 8.40. The summed E-state index contributed by atoms with van der Waals surface area (Å²) in [5.74, 6) is -4.21. The third-order valence-corrected chi connectivity index (χ3v) is 6.08. The minimum Gasteiger partial charge on any atom is -0.481 e. The summed E-state index contributed by atoms with van der Waals surface area (Å²) in [5, 5.41) is 9.00.